The number of hydrogen-bond acceptors (Lipinski definition) is 2. The molecule has 2 unspecified atom stereocenters. The van der Waals surface area contributed by atoms with Crippen LogP contribution in [0, 0.1) is 11.7 Å². The number of ketones is 1. The van der Waals surface area contributed by atoms with Gasteiger partial charge in [0, 0.05) is 16.4 Å². The normalized spacial score (nSPS) is 24.6. The lowest BCUT2D eigenvalue weighted by Crippen LogP contribution is -2.31. The fraction of sp³-hybridized carbons (Fsp3) is 0.462. The van der Waals surface area contributed by atoms with Crippen LogP contribution in [-0.4, -0.2) is 11.8 Å². The third-order valence-corrected chi connectivity index (χ3v) is 3.77. The average Bonchev–Trinajstić information content (AvgIpc) is 2.31. The number of carbonyl (C=O) groups is 1. The molecule has 92 valence electrons. The summed E-state index contributed by atoms with van der Waals surface area (Å²) in [6.45, 7) is 0. The van der Waals surface area contributed by atoms with Crippen LogP contribution in [0.5, 0.6) is 0 Å². The molecule has 1 aromatic carbocycles. The molecule has 0 amide bonds. The van der Waals surface area contributed by atoms with Crippen molar-refractivity contribution >= 4 is 21.7 Å². The highest BCUT2D eigenvalue weighted by Gasteiger charge is 2.27. The van der Waals surface area contributed by atoms with E-state index in [2.05, 4.69) is 15.9 Å². The van der Waals surface area contributed by atoms with E-state index >= 15 is 0 Å². The van der Waals surface area contributed by atoms with Gasteiger partial charge in [-0.15, -0.1) is 0 Å². The molecule has 1 fully saturated rings. The van der Waals surface area contributed by atoms with Crippen LogP contribution in [0.15, 0.2) is 22.7 Å². The second-order valence-electron chi connectivity index (χ2n) is 4.61. The van der Waals surface area contributed by atoms with Crippen molar-refractivity contribution < 1.29 is 9.18 Å². The first-order valence-corrected chi connectivity index (χ1v) is 6.62. The zero-order valence-electron chi connectivity index (χ0n) is 9.46. The number of halogens is 2. The Morgan fingerprint density at radius 2 is 2.18 bits per heavy atom. The maximum Gasteiger partial charge on any atom is 0.168 e. The van der Waals surface area contributed by atoms with E-state index in [0.29, 0.717) is 6.42 Å². The molecule has 2 nitrogen and oxygen atoms in total. The van der Waals surface area contributed by atoms with Gasteiger partial charge in [-0.05, 0) is 37.5 Å². The predicted molar refractivity (Wildman–Crippen MR) is 68.4 cm³/mol. The van der Waals surface area contributed by atoms with Crippen molar-refractivity contribution in [2.75, 3.05) is 0 Å². The molecular weight excluding hydrogens is 285 g/mol. The van der Waals surface area contributed by atoms with Gasteiger partial charge in [0.2, 0.25) is 0 Å². The molecule has 2 N–H and O–H groups in total. The van der Waals surface area contributed by atoms with E-state index in [1.54, 1.807) is 12.1 Å². The first-order chi connectivity index (χ1) is 8.08. The Hall–Kier alpha value is -0.740. The second kappa shape index (κ2) is 5.27. The third-order valence-electron chi connectivity index (χ3n) is 3.28. The lowest BCUT2D eigenvalue weighted by molar-refractivity contribution is 0.0877. The minimum atomic E-state index is -0.447. The van der Waals surface area contributed by atoms with Crippen LogP contribution in [-0.2, 0) is 0 Å². The van der Waals surface area contributed by atoms with E-state index < -0.39 is 5.82 Å². The maximum atomic E-state index is 13.6. The van der Waals surface area contributed by atoms with E-state index in [1.807, 2.05) is 0 Å². The zero-order valence-corrected chi connectivity index (χ0v) is 11.0. The van der Waals surface area contributed by atoms with Crippen molar-refractivity contribution in [3.05, 3.63) is 34.1 Å². The Morgan fingerprint density at radius 1 is 1.41 bits per heavy atom. The number of carbonyl (C=O) groups excluding carboxylic acids is 1. The van der Waals surface area contributed by atoms with E-state index in [-0.39, 0.29) is 23.3 Å². The number of benzene rings is 1. The molecule has 0 saturated heterocycles. The second-order valence-corrected chi connectivity index (χ2v) is 5.53. The standard InChI is InChI=1S/C13H15BrFNO/c14-9-4-5-12(15)11(7-9)13(17)8-2-1-3-10(16)6-8/h4-5,7-8,10H,1-3,6,16H2. The van der Waals surface area contributed by atoms with Gasteiger partial charge in [-0.3, -0.25) is 4.79 Å². The molecule has 0 spiro atoms. The summed E-state index contributed by atoms with van der Waals surface area (Å²) in [5.41, 5.74) is 6.03. The summed E-state index contributed by atoms with van der Waals surface area (Å²) in [6, 6.07) is 4.55. The van der Waals surface area contributed by atoms with Crippen LogP contribution in [0.3, 0.4) is 0 Å². The van der Waals surface area contributed by atoms with Crippen molar-refractivity contribution in [2.45, 2.75) is 31.7 Å². The van der Waals surface area contributed by atoms with Crippen LogP contribution < -0.4 is 5.73 Å². The van der Waals surface area contributed by atoms with Crippen LogP contribution >= 0.6 is 15.9 Å². The number of Topliss-reactive ketones (excluding diaryl/α,β-unsaturated/α-hetero) is 1. The Kier molecular flexibility index (Phi) is 3.94. The summed E-state index contributed by atoms with van der Waals surface area (Å²) < 4.78 is 14.3. The smallest absolute Gasteiger partial charge is 0.168 e. The third kappa shape index (κ3) is 2.93. The lowest BCUT2D eigenvalue weighted by Gasteiger charge is -2.25. The van der Waals surface area contributed by atoms with Gasteiger partial charge in [0.1, 0.15) is 5.82 Å². The monoisotopic (exact) mass is 299 g/mol. The topological polar surface area (TPSA) is 43.1 Å². The summed E-state index contributed by atoms with van der Waals surface area (Å²) in [5.74, 6) is -0.682. The molecule has 0 bridgehead atoms. The van der Waals surface area contributed by atoms with Crippen LogP contribution in [0.4, 0.5) is 4.39 Å². The van der Waals surface area contributed by atoms with Gasteiger partial charge in [-0.1, -0.05) is 22.4 Å². The van der Waals surface area contributed by atoms with Gasteiger partial charge < -0.3 is 5.73 Å². The number of hydrogen-bond donors (Lipinski definition) is 1. The van der Waals surface area contributed by atoms with Gasteiger partial charge in [0.15, 0.2) is 5.78 Å². The first-order valence-electron chi connectivity index (χ1n) is 5.83. The molecule has 2 rings (SSSR count). The molecule has 0 radical (unpaired) electrons. The highest BCUT2D eigenvalue weighted by Crippen LogP contribution is 2.28. The van der Waals surface area contributed by atoms with Gasteiger partial charge >= 0.3 is 0 Å². The van der Waals surface area contributed by atoms with Gasteiger partial charge in [-0.25, -0.2) is 4.39 Å². The van der Waals surface area contributed by atoms with Crippen molar-refractivity contribution in [2.24, 2.45) is 11.7 Å². The Labute approximate surface area is 109 Å². The molecule has 1 aromatic rings. The minimum Gasteiger partial charge on any atom is -0.328 e. The zero-order chi connectivity index (χ0) is 12.4. The molecule has 1 aliphatic carbocycles. The summed E-state index contributed by atoms with van der Waals surface area (Å²) in [4.78, 5) is 12.2. The molecule has 2 atom stereocenters. The molecule has 0 heterocycles. The van der Waals surface area contributed by atoms with Gasteiger partial charge in [0.05, 0.1) is 5.56 Å². The van der Waals surface area contributed by atoms with Crippen LogP contribution in [0.25, 0.3) is 0 Å². The Balaban J connectivity index is 2.21. The molecule has 1 saturated carbocycles. The lowest BCUT2D eigenvalue weighted by atomic mass is 9.81. The molecular formula is C13H15BrFNO. The molecule has 4 heteroatoms. The molecule has 1 aliphatic rings. The first kappa shape index (κ1) is 12.7. The van der Waals surface area contributed by atoms with E-state index in [9.17, 15) is 9.18 Å². The van der Waals surface area contributed by atoms with Crippen molar-refractivity contribution in [1.82, 2.24) is 0 Å². The number of rotatable bonds is 2. The molecule has 17 heavy (non-hydrogen) atoms. The highest BCUT2D eigenvalue weighted by molar-refractivity contribution is 9.10. The summed E-state index contributed by atoms with van der Waals surface area (Å²) in [6.07, 6.45) is 3.40. The van der Waals surface area contributed by atoms with E-state index in [4.69, 9.17) is 5.73 Å². The van der Waals surface area contributed by atoms with Crippen molar-refractivity contribution in [3.63, 3.8) is 0 Å². The van der Waals surface area contributed by atoms with Crippen LogP contribution in [0.1, 0.15) is 36.0 Å². The molecule has 0 aromatic heterocycles. The van der Waals surface area contributed by atoms with Gasteiger partial charge in [-0.2, -0.15) is 0 Å². The Bertz CT molecular complexity index is 435. The quantitative estimate of drug-likeness (QED) is 0.852. The number of nitrogens with two attached hydrogens (primary N) is 1. The largest absolute Gasteiger partial charge is 0.328 e. The highest BCUT2D eigenvalue weighted by atomic mass is 79.9. The van der Waals surface area contributed by atoms with E-state index in [0.717, 1.165) is 23.7 Å². The fourth-order valence-corrected chi connectivity index (χ4v) is 2.73. The maximum absolute atomic E-state index is 13.6. The fourth-order valence-electron chi connectivity index (χ4n) is 2.37. The van der Waals surface area contributed by atoms with E-state index in [1.165, 1.54) is 6.07 Å². The van der Waals surface area contributed by atoms with Crippen molar-refractivity contribution in [3.8, 4) is 0 Å². The summed E-state index contributed by atoms with van der Waals surface area (Å²) >= 11 is 3.26. The minimum absolute atomic E-state index is 0.0768. The summed E-state index contributed by atoms with van der Waals surface area (Å²) in [5, 5.41) is 0. The molecule has 0 aliphatic heterocycles. The summed E-state index contributed by atoms with van der Waals surface area (Å²) in [7, 11) is 0. The van der Waals surface area contributed by atoms with Gasteiger partial charge in [0.25, 0.3) is 0 Å². The SMILES string of the molecule is NC1CCCC(C(=O)c2cc(Br)ccc2F)C1. The van der Waals surface area contributed by atoms with Crippen molar-refractivity contribution in [1.29, 1.82) is 0 Å². The Morgan fingerprint density at radius 3 is 2.88 bits per heavy atom. The predicted octanol–water partition coefficient (Wildman–Crippen LogP) is 3.29. The average molecular weight is 300 g/mol. The van der Waals surface area contributed by atoms with Crippen LogP contribution in [0.2, 0.25) is 0 Å².